The topological polar surface area (TPSA) is 40.2 Å². The molecule has 0 aliphatic carbocycles. The average Bonchev–Trinajstić information content (AvgIpc) is 2.96. The quantitative estimate of drug-likeness (QED) is 0.780. The maximum atomic E-state index is 6.13. The van der Waals surface area contributed by atoms with Crippen molar-refractivity contribution in [2.75, 3.05) is 27.3 Å². The number of nitrogens with zero attached hydrogens (tertiary/aromatic N) is 1. The van der Waals surface area contributed by atoms with Crippen LogP contribution < -0.4 is 0 Å². The molecule has 6 heteroatoms. The van der Waals surface area contributed by atoms with E-state index in [9.17, 15) is 0 Å². The molecule has 1 fully saturated rings. The summed E-state index contributed by atoms with van der Waals surface area (Å²) in [7, 11) is 0.0745. The molecule has 104 valence electrons. The van der Waals surface area contributed by atoms with Crippen LogP contribution in [0.4, 0.5) is 0 Å². The monoisotopic (exact) mass is 283 g/mol. The Morgan fingerprint density at radius 3 is 2.21 bits per heavy atom. The molecule has 0 N–H and O–H groups in total. The fourth-order valence-corrected chi connectivity index (χ4v) is 5.22. The average molecular weight is 283 g/mol. The molecule has 0 bridgehead atoms. The van der Waals surface area contributed by atoms with Crippen molar-refractivity contribution < 1.29 is 18.1 Å². The molecule has 3 rings (SSSR count). The molecule has 1 spiro atoms. The molecular formula is C13H18NO4P. The van der Waals surface area contributed by atoms with E-state index in [0.717, 1.165) is 5.56 Å². The van der Waals surface area contributed by atoms with Gasteiger partial charge in [0.05, 0.1) is 0 Å². The minimum absolute atomic E-state index is 0.478. The second kappa shape index (κ2) is 4.18. The fourth-order valence-electron chi connectivity index (χ4n) is 2.27. The number of hydrogen-bond acceptors (Lipinski definition) is 5. The Kier molecular flexibility index (Phi) is 2.84. The van der Waals surface area contributed by atoms with E-state index in [4.69, 9.17) is 18.1 Å². The van der Waals surface area contributed by atoms with Gasteiger partial charge < -0.3 is 0 Å². The molecule has 2 aliphatic heterocycles. The molecule has 0 unspecified atom stereocenters. The summed E-state index contributed by atoms with van der Waals surface area (Å²) in [6, 6.07) is 9.84. The Balaban J connectivity index is 2.01. The molecule has 1 aromatic rings. The first kappa shape index (κ1) is 12.9. The van der Waals surface area contributed by atoms with Gasteiger partial charge in [-0.3, -0.25) is 0 Å². The van der Waals surface area contributed by atoms with Crippen molar-refractivity contribution in [3.8, 4) is 0 Å². The van der Waals surface area contributed by atoms with Gasteiger partial charge in [0.2, 0.25) is 0 Å². The third kappa shape index (κ3) is 1.77. The Labute approximate surface area is 113 Å². The van der Waals surface area contributed by atoms with Gasteiger partial charge in [0.15, 0.2) is 0 Å². The van der Waals surface area contributed by atoms with Crippen molar-refractivity contribution in [2.24, 2.45) is 0 Å². The number of hydrogen-bond donors (Lipinski definition) is 0. The predicted molar refractivity (Wildman–Crippen MR) is 73.7 cm³/mol. The summed E-state index contributed by atoms with van der Waals surface area (Å²) >= 11 is 0. The van der Waals surface area contributed by atoms with Gasteiger partial charge in [-0.05, 0) is 0 Å². The SMILES string of the molecule is CC1=C(c2ccccc2)OP2(N(C)C)(OCCO2)O1. The zero-order chi connectivity index (χ0) is 13.5. The predicted octanol–water partition coefficient (Wildman–Crippen LogP) is 3.16. The van der Waals surface area contributed by atoms with Gasteiger partial charge in [0.25, 0.3) is 0 Å². The standard InChI is InChI=1S/C13H18NO4P/c1-11-13(12-7-5-4-6-8-12)18-19(17-11,14(2)3)15-9-10-16-19/h4-8H,9-10H2,1-3H3. The number of benzene rings is 1. The summed E-state index contributed by atoms with van der Waals surface area (Å²) in [4.78, 5) is 0. The van der Waals surface area contributed by atoms with Gasteiger partial charge in [-0.2, -0.15) is 0 Å². The number of rotatable bonds is 2. The van der Waals surface area contributed by atoms with E-state index in [0.29, 0.717) is 24.7 Å². The first-order valence-electron chi connectivity index (χ1n) is 6.22. The first-order chi connectivity index (χ1) is 9.05. The third-order valence-electron chi connectivity index (χ3n) is 3.24. The Hall–Kier alpha value is -1.13. The number of allylic oxidation sites excluding steroid dienone is 1. The Bertz CT molecular complexity index is 523. The van der Waals surface area contributed by atoms with Crippen LogP contribution in [0.5, 0.6) is 0 Å². The van der Waals surface area contributed by atoms with E-state index >= 15 is 0 Å². The molecular weight excluding hydrogens is 265 g/mol. The van der Waals surface area contributed by atoms with Crippen LogP contribution >= 0.6 is 7.66 Å². The van der Waals surface area contributed by atoms with Crippen molar-refractivity contribution in [1.29, 1.82) is 0 Å². The maximum absolute atomic E-state index is 6.13. The van der Waals surface area contributed by atoms with Crippen molar-refractivity contribution >= 4 is 13.4 Å². The summed E-state index contributed by atoms with van der Waals surface area (Å²) < 4.78 is 25.6. The van der Waals surface area contributed by atoms with E-state index in [2.05, 4.69) is 0 Å². The van der Waals surface area contributed by atoms with Gasteiger partial charge in [-0.25, -0.2) is 0 Å². The Morgan fingerprint density at radius 1 is 1.00 bits per heavy atom. The third-order valence-corrected chi connectivity index (χ3v) is 6.84. The van der Waals surface area contributed by atoms with E-state index in [1.807, 2.05) is 51.4 Å². The molecule has 0 aromatic heterocycles. The summed E-state index contributed by atoms with van der Waals surface area (Å²) in [5.41, 5.74) is 0.961. The molecule has 1 saturated heterocycles. The van der Waals surface area contributed by atoms with Gasteiger partial charge in [-0.1, -0.05) is 0 Å². The van der Waals surface area contributed by atoms with Gasteiger partial charge >= 0.3 is 112 Å². The van der Waals surface area contributed by atoms with E-state index in [-0.39, 0.29) is 0 Å². The molecule has 2 aliphatic rings. The van der Waals surface area contributed by atoms with Crippen LogP contribution in [-0.4, -0.2) is 32.0 Å². The summed E-state index contributed by atoms with van der Waals surface area (Å²) in [6.45, 7) is 2.83. The summed E-state index contributed by atoms with van der Waals surface area (Å²) in [5, 5.41) is 0. The summed E-state index contributed by atoms with van der Waals surface area (Å²) in [6.07, 6.45) is 0. The normalized spacial score (nSPS) is 26.0. The Morgan fingerprint density at radius 2 is 1.63 bits per heavy atom. The zero-order valence-corrected chi connectivity index (χ0v) is 12.2. The van der Waals surface area contributed by atoms with Crippen LogP contribution in [0, 0.1) is 0 Å². The van der Waals surface area contributed by atoms with E-state index in [1.165, 1.54) is 0 Å². The van der Waals surface area contributed by atoms with Crippen LogP contribution in [0.3, 0.4) is 0 Å². The van der Waals surface area contributed by atoms with Gasteiger partial charge in [0.1, 0.15) is 0 Å². The molecule has 0 saturated carbocycles. The fraction of sp³-hybridized carbons (Fsp3) is 0.385. The second-order valence-corrected chi connectivity index (χ2v) is 7.95. The minimum atomic E-state index is -3.63. The molecule has 0 atom stereocenters. The molecule has 19 heavy (non-hydrogen) atoms. The second-order valence-electron chi connectivity index (χ2n) is 4.72. The first-order valence-corrected chi connectivity index (χ1v) is 8.08. The van der Waals surface area contributed by atoms with Crippen LogP contribution in [-0.2, 0) is 18.1 Å². The van der Waals surface area contributed by atoms with Crippen LogP contribution in [0.2, 0.25) is 0 Å². The molecule has 5 nitrogen and oxygen atoms in total. The van der Waals surface area contributed by atoms with E-state index in [1.54, 1.807) is 4.67 Å². The molecule has 2 heterocycles. The van der Waals surface area contributed by atoms with Gasteiger partial charge in [-0.15, -0.1) is 0 Å². The van der Waals surface area contributed by atoms with Crippen molar-refractivity contribution in [2.45, 2.75) is 6.92 Å². The van der Waals surface area contributed by atoms with Crippen molar-refractivity contribution in [3.05, 3.63) is 41.7 Å². The van der Waals surface area contributed by atoms with Crippen LogP contribution in [0.15, 0.2) is 36.1 Å². The zero-order valence-electron chi connectivity index (χ0n) is 11.3. The van der Waals surface area contributed by atoms with Crippen molar-refractivity contribution in [3.63, 3.8) is 0 Å². The molecule has 0 amide bonds. The summed E-state index contributed by atoms with van der Waals surface area (Å²) in [5.74, 6) is 1.38. The van der Waals surface area contributed by atoms with Crippen LogP contribution in [0.1, 0.15) is 12.5 Å². The van der Waals surface area contributed by atoms with E-state index < -0.39 is 7.66 Å². The van der Waals surface area contributed by atoms with Crippen LogP contribution in [0.25, 0.3) is 5.76 Å². The molecule has 1 aromatic carbocycles. The van der Waals surface area contributed by atoms with Gasteiger partial charge in [0, 0.05) is 0 Å². The molecule has 0 radical (unpaired) electrons. The van der Waals surface area contributed by atoms with Crippen molar-refractivity contribution in [1.82, 2.24) is 4.67 Å².